The summed E-state index contributed by atoms with van der Waals surface area (Å²) >= 11 is 0. The van der Waals surface area contributed by atoms with Gasteiger partial charge in [-0.1, -0.05) is 47.5 Å². The van der Waals surface area contributed by atoms with Crippen molar-refractivity contribution in [1.29, 1.82) is 0 Å². The molecule has 0 amide bonds. The first-order chi connectivity index (χ1) is 16.3. The topological polar surface area (TPSA) is 121 Å². The van der Waals surface area contributed by atoms with Gasteiger partial charge in [-0.3, -0.25) is 0 Å². The zero-order valence-corrected chi connectivity index (χ0v) is 22.6. The lowest BCUT2D eigenvalue weighted by atomic mass is 9.42. The summed E-state index contributed by atoms with van der Waals surface area (Å²) in [6, 6.07) is 0. The molecule has 0 aliphatic heterocycles. The minimum atomic E-state index is -1.23. The molecule has 0 radical (unpaired) electrons. The van der Waals surface area contributed by atoms with Gasteiger partial charge in [0.25, 0.3) is 0 Å². The van der Waals surface area contributed by atoms with Crippen molar-refractivity contribution in [1.82, 2.24) is 0 Å². The number of hydrogen-bond acceptors (Lipinski definition) is 6. The average Bonchev–Trinajstić information content (AvgIpc) is 3.00. The summed E-state index contributed by atoms with van der Waals surface area (Å²) in [6.07, 6.45) is 3.79. The van der Waals surface area contributed by atoms with Crippen LogP contribution in [0.2, 0.25) is 0 Å². The number of hydrogen-bond donors (Lipinski definition) is 6. The van der Waals surface area contributed by atoms with Gasteiger partial charge in [0.05, 0.1) is 30.0 Å². The molecule has 4 fully saturated rings. The summed E-state index contributed by atoms with van der Waals surface area (Å²) in [5.41, 5.74) is -1.92. The number of rotatable bonds is 7. The highest BCUT2D eigenvalue weighted by atomic mass is 16.3. The van der Waals surface area contributed by atoms with Gasteiger partial charge in [0.15, 0.2) is 0 Å². The predicted molar refractivity (Wildman–Crippen MR) is 135 cm³/mol. The fourth-order valence-electron chi connectivity index (χ4n) is 10.2. The maximum absolute atomic E-state index is 12.4. The first-order valence-corrected chi connectivity index (χ1v) is 14.4. The van der Waals surface area contributed by atoms with Gasteiger partial charge in [-0.15, -0.1) is 0 Å². The molecular weight excluding hydrogens is 444 g/mol. The van der Waals surface area contributed by atoms with Crippen LogP contribution in [0.3, 0.4) is 0 Å². The third kappa shape index (κ3) is 4.23. The molecule has 6 nitrogen and oxygen atoms in total. The van der Waals surface area contributed by atoms with Crippen molar-refractivity contribution in [2.75, 3.05) is 6.61 Å². The van der Waals surface area contributed by atoms with E-state index in [9.17, 15) is 30.6 Å². The van der Waals surface area contributed by atoms with Crippen molar-refractivity contribution in [3.05, 3.63) is 0 Å². The van der Waals surface area contributed by atoms with Crippen molar-refractivity contribution in [3.8, 4) is 0 Å². The number of aliphatic hydroxyl groups excluding tert-OH is 5. The molecule has 7 unspecified atom stereocenters. The fraction of sp³-hybridized carbons (Fsp3) is 1.00. The molecule has 204 valence electrons. The van der Waals surface area contributed by atoms with Crippen LogP contribution in [0, 0.1) is 52.3 Å². The molecule has 4 rings (SSSR count). The van der Waals surface area contributed by atoms with Crippen LogP contribution < -0.4 is 0 Å². The summed E-state index contributed by atoms with van der Waals surface area (Å²) in [7, 11) is 0. The van der Waals surface area contributed by atoms with Gasteiger partial charge >= 0.3 is 0 Å². The maximum Gasteiger partial charge on any atom is 0.0863 e. The Morgan fingerprint density at radius 3 is 2.20 bits per heavy atom. The zero-order valence-electron chi connectivity index (χ0n) is 22.6. The van der Waals surface area contributed by atoms with Crippen molar-refractivity contribution in [2.24, 2.45) is 52.3 Å². The van der Waals surface area contributed by atoms with Crippen molar-refractivity contribution >= 4 is 0 Å². The Morgan fingerprint density at radius 2 is 1.57 bits per heavy atom. The van der Waals surface area contributed by atoms with Crippen LogP contribution in [0.5, 0.6) is 0 Å². The van der Waals surface area contributed by atoms with Gasteiger partial charge in [-0.05, 0) is 84.9 Å². The molecule has 6 heteroatoms. The third-order valence-corrected chi connectivity index (χ3v) is 12.1. The molecule has 4 saturated carbocycles. The lowest BCUT2D eigenvalue weighted by molar-refractivity contribution is -0.264. The Bertz CT molecular complexity index is 747. The van der Waals surface area contributed by atoms with E-state index in [1.54, 1.807) is 0 Å². The zero-order chi connectivity index (χ0) is 25.9. The van der Waals surface area contributed by atoms with E-state index in [-0.39, 0.29) is 48.0 Å². The smallest absolute Gasteiger partial charge is 0.0863 e. The minimum Gasteiger partial charge on any atom is -0.396 e. The van der Waals surface area contributed by atoms with E-state index in [0.29, 0.717) is 18.8 Å². The molecule has 4 aliphatic rings. The lowest BCUT2D eigenvalue weighted by Crippen LogP contribution is -2.68. The van der Waals surface area contributed by atoms with Crippen LogP contribution in [0.25, 0.3) is 0 Å². The molecular formula is C29H52O6. The highest BCUT2D eigenvalue weighted by Crippen LogP contribution is 2.69. The molecule has 0 heterocycles. The Hall–Kier alpha value is -0.240. The monoisotopic (exact) mass is 496 g/mol. The second kappa shape index (κ2) is 9.81. The van der Waals surface area contributed by atoms with E-state index in [1.807, 2.05) is 0 Å². The van der Waals surface area contributed by atoms with Crippen LogP contribution in [0.1, 0.15) is 92.4 Å². The Morgan fingerprint density at radius 1 is 0.914 bits per heavy atom. The van der Waals surface area contributed by atoms with E-state index in [2.05, 4.69) is 34.6 Å². The summed E-state index contributed by atoms with van der Waals surface area (Å²) in [5.74, 6) is 0.160. The standard InChI is InChI=1S/C29H52O6/c1-6-18(17(3)15-30)8-7-16(2)23-24(33)25(34)26-28(23,5)12-10-22-27(4)11-9-19(31)13-20(27)21(32)14-29(22,26)35/h16-26,30-35H,6-15H2,1-5H3/t16-,17?,18?,19?,20?,21?,22-,23+,24?,25?,26-,27+,28-,29+/m1/s1. The van der Waals surface area contributed by atoms with Gasteiger partial charge in [0.2, 0.25) is 0 Å². The van der Waals surface area contributed by atoms with Crippen LogP contribution in [-0.4, -0.2) is 67.3 Å². The molecule has 0 aromatic heterocycles. The fourth-order valence-corrected chi connectivity index (χ4v) is 10.2. The summed E-state index contributed by atoms with van der Waals surface area (Å²) in [5, 5.41) is 66.4. The molecule has 0 spiro atoms. The Balaban J connectivity index is 1.61. The molecule has 35 heavy (non-hydrogen) atoms. The van der Waals surface area contributed by atoms with Gasteiger partial charge < -0.3 is 30.6 Å². The minimum absolute atomic E-state index is 0.0430. The van der Waals surface area contributed by atoms with E-state index in [4.69, 9.17) is 0 Å². The van der Waals surface area contributed by atoms with Crippen LogP contribution in [0.15, 0.2) is 0 Å². The second-order valence-electron chi connectivity index (χ2n) is 13.8. The average molecular weight is 497 g/mol. The number of fused-ring (bicyclic) bond motifs is 5. The van der Waals surface area contributed by atoms with Gasteiger partial charge in [-0.25, -0.2) is 0 Å². The largest absolute Gasteiger partial charge is 0.396 e. The maximum atomic E-state index is 12.4. The number of aliphatic hydroxyl groups is 6. The van der Waals surface area contributed by atoms with Crippen molar-refractivity contribution < 1.29 is 30.6 Å². The normalized spacial score (nSPS) is 52.2. The lowest BCUT2D eigenvalue weighted by Gasteiger charge is -2.65. The van der Waals surface area contributed by atoms with E-state index in [1.165, 1.54) is 0 Å². The van der Waals surface area contributed by atoms with E-state index >= 15 is 0 Å². The third-order valence-electron chi connectivity index (χ3n) is 12.1. The van der Waals surface area contributed by atoms with Crippen LogP contribution >= 0.6 is 0 Å². The molecule has 0 saturated heterocycles. The van der Waals surface area contributed by atoms with Crippen LogP contribution in [0.4, 0.5) is 0 Å². The van der Waals surface area contributed by atoms with Crippen molar-refractivity contribution in [2.45, 2.75) is 122 Å². The summed E-state index contributed by atoms with van der Waals surface area (Å²) in [6.45, 7) is 11.0. The van der Waals surface area contributed by atoms with Crippen LogP contribution in [-0.2, 0) is 0 Å². The Kier molecular flexibility index (Phi) is 7.79. The summed E-state index contributed by atoms with van der Waals surface area (Å²) < 4.78 is 0. The quantitative estimate of drug-likeness (QED) is 0.322. The molecule has 0 aromatic rings. The summed E-state index contributed by atoms with van der Waals surface area (Å²) in [4.78, 5) is 0. The molecule has 0 bridgehead atoms. The molecule has 14 atom stereocenters. The van der Waals surface area contributed by atoms with Gasteiger partial charge in [0, 0.05) is 18.9 Å². The SMILES string of the molecule is CCC(CC[C@@H](C)[C@H]1C(O)C(O)[C@@H]2[C@]1(C)CC[C@H]1[C@@]2(O)CC(O)C2CC(O)CC[C@@]21C)C(C)CO. The first-order valence-electron chi connectivity index (χ1n) is 14.4. The Labute approximate surface area is 212 Å². The predicted octanol–water partition coefficient (Wildman–Crippen LogP) is 3.10. The van der Waals surface area contributed by atoms with Crippen molar-refractivity contribution in [3.63, 3.8) is 0 Å². The van der Waals surface area contributed by atoms with E-state index < -0.39 is 41.3 Å². The first kappa shape index (κ1) is 27.8. The van der Waals surface area contributed by atoms with Gasteiger partial charge in [0.1, 0.15) is 0 Å². The van der Waals surface area contributed by atoms with Gasteiger partial charge in [-0.2, -0.15) is 0 Å². The highest BCUT2D eigenvalue weighted by Gasteiger charge is 2.72. The molecule has 6 N–H and O–H groups in total. The molecule has 4 aliphatic carbocycles. The van der Waals surface area contributed by atoms with E-state index in [0.717, 1.165) is 38.5 Å². The molecule has 0 aromatic carbocycles. The highest BCUT2D eigenvalue weighted by molar-refractivity contribution is 5.21. The second-order valence-corrected chi connectivity index (χ2v) is 13.8.